The molecular formula is C10H14N4O. The van der Waals surface area contributed by atoms with Crippen molar-refractivity contribution < 1.29 is 4.79 Å². The number of carbonyl (C=O) groups excluding carboxylic acids is 1. The topological polar surface area (TPSA) is 69.8 Å². The lowest BCUT2D eigenvalue weighted by Gasteiger charge is -2.14. The Morgan fingerprint density at radius 2 is 2.53 bits per heavy atom. The second kappa shape index (κ2) is 4.75. The Kier molecular flexibility index (Phi) is 3.14. The van der Waals surface area contributed by atoms with E-state index in [-0.39, 0.29) is 5.91 Å². The summed E-state index contributed by atoms with van der Waals surface area (Å²) in [5.74, 6) is -0.105. The zero-order chi connectivity index (χ0) is 10.5. The third kappa shape index (κ3) is 2.66. The first kappa shape index (κ1) is 9.92. The molecule has 0 fully saturated rings. The molecule has 0 unspecified atom stereocenters. The molecule has 2 heterocycles. The summed E-state index contributed by atoms with van der Waals surface area (Å²) in [4.78, 5) is 11.5. The van der Waals surface area contributed by atoms with Crippen molar-refractivity contribution in [1.82, 2.24) is 20.8 Å². The summed E-state index contributed by atoms with van der Waals surface area (Å²) in [6.45, 7) is 2.51. The Balaban J connectivity index is 1.83. The molecule has 80 valence electrons. The molecule has 0 aliphatic carbocycles. The van der Waals surface area contributed by atoms with E-state index in [0.29, 0.717) is 12.2 Å². The molecule has 5 nitrogen and oxygen atoms in total. The lowest BCUT2D eigenvalue weighted by Crippen LogP contribution is -2.29. The fourth-order valence-corrected chi connectivity index (χ4v) is 1.50. The summed E-state index contributed by atoms with van der Waals surface area (Å²) >= 11 is 0. The van der Waals surface area contributed by atoms with Crippen LogP contribution in [0.3, 0.4) is 0 Å². The predicted octanol–water partition coefficient (Wildman–Crippen LogP) is 0.0592. The number of nitrogens with one attached hydrogen (secondary N) is 3. The number of aromatic nitrogens is 2. The highest BCUT2D eigenvalue weighted by molar-refractivity contribution is 5.92. The minimum Gasteiger partial charge on any atom is -0.347 e. The number of hydrogen-bond acceptors (Lipinski definition) is 3. The highest BCUT2D eigenvalue weighted by Crippen LogP contribution is 2.02. The zero-order valence-corrected chi connectivity index (χ0v) is 8.42. The Morgan fingerprint density at radius 3 is 3.20 bits per heavy atom. The van der Waals surface area contributed by atoms with Crippen molar-refractivity contribution in [2.75, 3.05) is 19.6 Å². The van der Waals surface area contributed by atoms with Gasteiger partial charge in [0.15, 0.2) is 0 Å². The van der Waals surface area contributed by atoms with Crippen LogP contribution >= 0.6 is 0 Å². The molecule has 0 radical (unpaired) electrons. The van der Waals surface area contributed by atoms with Crippen LogP contribution in [0.5, 0.6) is 0 Å². The van der Waals surface area contributed by atoms with Crippen LogP contribution in [0.1, 0.15) is 16.9 Å². The molecule has 3 N–H and O–H groups in total. The predicted molar refractivity (Wildman–Crippen MR) is 56.5 cm³/mol. The first-order valence-electron chi connectivity index (χ1n) is 5.02. The summed E-state index contributed by atoms with van der Waals surface area (Å²) in [5, 5.41) is 12.4. The van der Waals surface area contributed by atoms with E-state index >= 15 is 0 Å². The van der Waals surface area contributed by atoms with Gasteiger partial charge in [-0.25, -0.2) is 0 Å². The fraction of sp³-hybridized carbons (Fsp3) is 0.400. The third-order valence-electron chi connectivity index (χ3n) is 2.38. The highest BCUT2D eigenvalue weighted by Gasteiger charge is 2.08. The number of H-pyrrole nitrogens is 1. The number of hydrogen-bond donors (Lipinski definition) is 3. The maximum Gasteiger partial charge on any atom is 0.269 e. The number of carbonyl (C=O) groups is 1. The largest absolute Gasteiger partial charge is 0.347 e. The lowest BCUT2D eigenvalue weighted by atomic mass is 10.1. The number of rotatable bonds is 3. The summed E-state index contributed by atoms with van der Waals surface area (Å²) in [5.41, 5.74) is 1.78. The van der Waals surface area contributed by atoms with E-state index in [1.54, 1.807) is 12.3 Å². The number of nitrogens with zero attached hydrogens (tertiary/aromatic N) is 1. The second-order valence-corrected chi connectivity index (χ2v) is 3.47. The van der Waals surface area contributed by atoms with Crippen molar-refractivity contribution in [1.29, 1.82) is 0 Å². The van der Waals surface area contributed by atoms with E-state index in [2.05, 4.69) is 26.9 Å². The fourth-order valence-electron chi connectivity index (χ4n) is 1.50. The minimum absolute atomic E-state index is 0.105. The molecule has 1 aliphatic rings. The molecule has 1 amide bonds. The van der Waals surface area contributed by atoms with Crippen LogP contribution in [0.4, 0.5) is 0 Å². The van der Waals surface area contributed by atoms with E-state index in [1.165, 1.54) is 5.57 Å². The van der Waals surface area contributed by atoms with Crippen molar-refractivity contribution in [2.24, 2.45) is 0 Å². The van der Waals surface area contributed by atoms with Gasteiger partial charge < -0.3 is 10.6 Å². The van der Waals surface area contributed by atoms with E-state index in [1.807, 2.05) is 0 Å². The summed E-state index contributed by atoms with van der Waals surface area (Å²) in [7, 11) is 0. The number of aromatic amines is 1. The van der Waals surface area contributed by atoms with E-state index in [9.17, 15) is 4.79 Å². The maximum absolute atomic E-state index is 11.5. The van der Waals surface area contributed by atoms with Gasteiger partial charge in [-0.05, 0) is 19.0 Å². The van der Waals surface area contributed by atoms with Gasteiger partial charge in [0.25, 0.3) is 5.91 Å². The summed E-state index contributed by atoms with van der Waals surface area (Å²) in [6, 6.07) is 1.66. The molecule has 1 aromatic heterocycles. The van der Waals surface area contributed by atoms with Crippen LogP contribution in [0.15, 0.2) is 23.9 Å². The molecule has 1 aromatic rings. The van der Waals surface area contributed by atoms with Crippen LogP contribution in [0.25, 0.3) is 0 Å². The van der Waals surface area contributed by atoms with Gasteiger partial charge in [0.1, 0.15) is 5.69 Å². The second-order valence-electron chi connectivity index (χ2n) is 3.47. The molecule has 0 atom stereocenters. The lowest BCUT2D eigenvalue weighted by molar-refractivity contribution is 0.0951. The van der Waals surface area contributed by atoms with Gasteiger partial charge in [0, 0.05) is 19.3 Å². The van der Waals surface area contributed by atoms with Crippen LogP contribution in [0.2, 0.25) is 0 Å². The van der Waals surface area contributed by atoms with Gasteiger partial charge in [-0.3, -0.25) is 9.89 Å². The van der Waals surface area contributed by atoms with Gasteiger partial charge in [-0.15, -0.1) is 0 Å². The van der Waals surface area contributed by atoms with Crippen molar-refractivity contribution in [2.45, 2.75) is 6.42 Å². The summed E-state index contributed by atoms with van der Waals surface area (Å²) in [6.07, 6.45) is 4.69. The molecule has 2 rings (SSSR count). The minimum atomic E-state index is -0.105. The molecular weight excluding hydrogens is 192 g/mol. The molecule has 5 heteroatoms. The zero-order valence-electron chi connectivity index (χ0n) is 8.42. The smallest absolute Gasteiger partial charge is 0.269 e. The Bertz CT molecular complexity index is 356. The van der Waals surface area contributed by atoms with Crippen LogP contribution in [0, 0.1) is 0 Å². The van der Waals surface area contributed by atoms with Gasteiger partial charge in [0.2, 0.25) is 0 Å². The SMILES string of the molecule is O=C(NCC1=CCNCC1)c1ccn[nH]1. The van der Waals surface area contributed by atoms with E-state index in [0.717, 1.165) is 19.5 Å². The Labute approximate surface area is 87.9 Å². The van der Waals surface area contributed by atoms with Gasteiger partial charge in [-0.1, -0.05) is 11.6 Å². The molecule has 1 aliphatic heterocycles. The molecule has 0 spiro atoms. The van der Waals surface area contributed by atoms with Gasteiger partial charge >= 0.3 is 0 Å². The molecule has 0 saturated carbocycles. The van der Waals surface area contributed by atoms with Crippen LogP contribution in [-0.4, -0.2) is 35.7 Å². The van der Waals surface area contributed by atoms with E-state index < -0.39 is 0 Å². The maximum atomic E-state index is 11.5. The average molecular weight is 206 g/mol. The van der Waals surface area contributed by atoms with Gasteiger partial charge in [-0.2, -0.15) is 5.10 Å². The van der Waals surface area contributed by atoms with Crippen molar-refractivity contribution >= 4 is 5.91 Å². The summed E-state index contributed by atoms with van der Waals surface area (Å²) < 4.78 is 0. The average Bonchev–Trinajstić information content (AvgIpc) is 2.81. The number of amides is 1. The Hall–Kier alpha value is -1.62. The highest BCUT2D eigenvalue weighted by atomic mass is 16.1. The normalized spacial score (nSPS) is 15.9. The molecule has 0 bridgehead atoms. The third-order valence-corrected chi connectivity index (χ3v) is 2.38. The van der Waals surface area contributed by atoms with Gasteiger partial charge in [0.05, 0.1) is 0 Å². The molecule has 0 saturated heterocycles. The van der Waals surface area contributed by atoms with Crippen molar-refractivity contribution in [3.8, 4) is 0 Å². The van der Waals surface area contributed by atoms with E-state index in [4.69, 9.17) is 0 Å². The molecule has 15 heavy (non-hydrogen) atoms. The Morgan fingerprint density at radius 1 is 1.60 bits per heavy atom. The first-order valence-corrected chi connectivity index (χ1v) is 5.02. The van der Waals surface area contributed by atoms with Crippen molar-refractivity contribution in [3.63, 3.8) is 0 Å². The first-order chi connectivity index (χ1) is 7.36. The van der Waals surface area contributed by atoms with Crippen LogP contribution in [-0.2, 0) is 0 Å². The van der Waals surface area contributed by atoms with Crippen molar-refractivity contribution in [3.05, 3.63) is 29.6 Å². The quantitative estimate of drug-likeness (QED) is 0.612. The molecule has 0 aromatic carbocycles. The monoisotopic (exact) mass is 206 g/mol. The van der Waals surface area contributed by atoms with Crippen LogP contribution < -0.4 is 10.6 Å². The standard InChI is InChI=1S/C10H14N4O/c15-10(9-3-6-13-14-9)12-7-8-1-4-11-5-2-8/h1,3,6,11H,2,4-5,7H2,(H,12,15)(H,13,14).